The largest absolute Gasteiger partial charge is 0.831 e. The van der Waals surface area contributed by atoms with Gasteiger partial charge in [-0.2, -0.15) is 0 Å². The number of aliphatic hydroxyl groups excluding tert-OH is 1. The molecule has 0 saturated carbocycles. The molecule has 0 spiro atoms. The number of methoxy groups -OCH3 is 1. The molecule has 0 aliphatic rings. The highest BCUT2D eigenvalue weighted by molar-refractivity contribution is 6.30. The van der Waals surface area contributed by atoms with E-state index in [-0.39, 0.29) is 6.42 Å². The molecule has 124 valence electrons. The summed E-state index contributed by atoms with van der Waals surface area (Å²) < 4.78 is 10.9. The first-order valence-corrected chi connectivity index (χ1v) is 7.68. The summed E-state index contributed by atoms with van der Waals surface area (Å²) in [6.07, 6.45) is -1.94. The molecule has 24 heavy (non-hydrogen) atoms. The van der Waals surface area contributed by atoms with Crippen molar-refractivity contribution in [1.82, 2.24) is 4.98 Å². The first kappa shape index (κ1) is 16.5. The van der Waals surface area contributed by atoms with Gasteiger partial charge in [0.05, 0.1) is 7.11 Å². The van der Waals surface area contributed by atoms with Crippen LogP contribution in [0.1, 0.15) is 5.76 Å². The van der Waals surface area contributed by atoms with Crippen molar-refractivity contribution in [3.8, 4) is 28.5 Å². The number of halogens is 1. The predicted octanol–water partition coefficient (Wildman–Crippen LogP) is 2.89. The van der Waals surface area contributed by atoms with E-state index in [0.29, 0.717) is 22.4 Å². The van der Waals surface area contributed by atoms with Crippen molar-refractivity contribution in [2.45, 2.75) is 12.7 Å². The highest BCUT2D eigenvalue weighted by atomic mass is 35.5. The lowest BCUT2D eigenvalue weighted by molar-refractivity contribution is -0.481. The monoisotopic (exact) mass is 344 g/mol. The van der Waals surface area contributed by atoms with Gasteiger partial charge in [-0.1, -0.05) is 23.7 Å². The van der Waals surface area contributed by atoms with Crippen molar-refractivity contribution < 1.29 is 19.4 Å². The van der Waals surface area contributed by atoms with Gasteiger partial charge in [0.25, 0.3) is 0 Å². The molecule has 1 atom stereocenters. The standard InChI is InChI=1S/C18H15ClNO4/c1-23-14-8-4-12(5-9-14)18-20-17(15(24-18)10-16(21)22)11-2-6-13(19)7-3-11/h2-9,16,21H,10H2,1H3/q-1. The van der Waals surface area contributed by atoms with E-state index in [0.717, 1.165) is 16.9 Å². The van der Waals surface area contributed by atoms with Crippen LogP contribution in [0.25, 0.3) is 22.7 Å². The van der Waals surface area contributed by atoms with Crippen LogP contribution < -0.4 is 9.84 Å². The fourth-order valence-electron chi connectivity index (χ4n) is 2.34. The second-order valence-corrected chi connectivity index (χ2v) is 5.62. The molecule has 1 aromatic heterocycles. The van der Waals surface area contributed by atoms with Crippen LogP contribution >= 0.6 is 11.6 Å². The zero-order valence-electron chi connectivity index (χ0n) is 12.9. The predicted molar refractivity (Wildman–Crippen MR) is 88.6 cm³/mol. The Bertz CT molecular complexity index is 810. The van der Waals surface area contributed by atoms with Crippen LogP contribution in [0.5, 0.6) is 5.75 Å². The molecule has 5 nitrogen and oxygen atoms in total. The molecule has 6 heteroatoms. The molecule has 0 bridgehead atoms. The summed E-state index contributed by atoms with van der Waals surface area (Å²) in [4.78, 5) is 4.49. The van der Waals surface area contributed by atoms with Gasteiger partial charge in [0.2, 0.25) is 5.89 Å². The number of rotatable bonds is 5. The first-order valence-electron chi connectivity index (χ1n) is 7.31. The fourth-order valence-corrected chi connectivity index (χ4v) is 2.47. The lowest BCUT2D eigenvalue weighted by Gasteiger charge is -2.12. The number of hydrogen-bond acceptors (Lipinski definition) is 5. The number of aliphatic hydroxyl groups is 1. The summed E-state index contributed by atoms with van der Waals surface area (Å²) >= 11 is 5.91. The van der Waals surface area contributed by atoms with E-state index in [4.69, 9.17) is 20.8 Å². The van der Waals surface area contributed by atoms with Gasteiger partial charge >= 0.3 is 0 Å². The Morgan fingerprint density at radius 3 is 2.33 bits per heavy atom. The number of hydrogen-bond donors (Lipinski definition) is 1. The van der Waals surface area contributed by atoms with E-state index in [1.807, 2.05) is 12.1 Å². The molecule has 0 fully saturated rings. The molecule has 2 aromatic carbocycles. The number of benzene rings is 2. The topological polar surface area (TPSA) is 78.5 Å². The molecule has 0 radical (unpaired) electrons. The fraction of sp³-hybridized carbons (Fsp3) is 0.167. The van der Waals surface area contributed by atoms with E-state index in [9.17, 15) is 10.2 Å². The van der Waals surface area contributed by atoms with E-state index >= 15 is 0 Å². The van der Waals surface area contributed by atoms with E-state index in [1.165, 1.54) is 0 Å². The third-order valence-corrected chi connectivity index (χ3v) is 3.76. The van der Waals surface area contributed by atoms with Gasteiger partial charge < -0.3 is 19.4 Å². The van der Waals surface area contributed by atoms with Crippen LogP contribution in [-0.2, 0) is 6.42 Å². The van der Waals surface area contributed by atoms with Crippen molar-refractivity contribution in [2.75, 3.05) is 7.11 Å². The minimum absolute atomic E-state index is 0.166. The zero-order chi connectivity index (χ0) is 17.1. The molecule has 1 heterocycles. The maximum absolute atomic E-state index is 11.2. The Balaban J connectivity index is 2.03. The number of ether oxygens (including phenoxy) is 1. The third kappa shape index (κ3) is 3.59. The SMILES string of the molecule is COc1ccc(-c2nc(-c3ccc(Cl)cc3)c(CC([O-])O)o2)cc1. The lowest BCUT2D eigenvalue weighted by Crippen LogP contribution is -2.26. The summed E-state index contributed by atoms with van der Waals surface area (Å²) in [6.45, 7) is 0. The van der Waals surface area contributed by atoms with Crippen LogP contribution in [0.3, 0.4) is 0 Å². The Morgan fingerprint density at radius 1 is 1.12 bits per heavy atom. The molecule has 0 amide bonds. The van der Waals surface area contributed by atoms with Crippen molar-refractivity contribution in [3.05, 3.63) is 59.3 Å². The van der Waals surface area contributed by atoms with Crippen molar-refractivity contribution in [3.63, 3.8) is 0 Å². The molecule has 1 unspecified atom stereocenters. The molecule has 3 rings (SSSR count). The number of aromatic nitrogens is 1. The van der Waals surface area contributed by atoms with Gasteiger partial charge in [-0.25, -0.2) is 4.98 Å². The van der Waals surface area contributed by atoms with E-state index in [1.54, 1.807) is 43.5 Å². The Hall–Kier alpha value is -2.34. The smallest absolute Gasteiger partial charge is 0.226 e. The summed E-state index contributed by atoms with van der Waals surface area (Å²) in [6, 6.07) is 14.3. The molecular formula is C18H15ClNO4-. The average Bonchev–Trinajstić information content (AvgIpc) is 2.98. The maximum Gasteiger partial charge on any atom is 0.226 e. The Kier molecular flexibility index (Phi) is 4.85. The first-order chi connectivity index (χ1) is 11.6. The highest BCUT2D eigenvalue weighted by Crippen LogP contribution is 2.31. The number of nitrogens with zero attached hydrogens (tertiary/aromatic N) is 1. The molecule has 3 aromatic rings. The molecule has 0 aliphatic carbocycles. The van der Waals surface area contributed by atoms with Crippen LogP contribution in [0, 0.1) is 0 Å². The molecule has 0 aliphatic heterocycles. The normalized spacial score (nSPS) is 12.2. The summed E-state index contributed by atoms with van der Waals surface area (Å²) in [5.41, 5.74) is 2.03. The minimum Gasteiger partial charge on any atom is -0.831 e. The van der Waals surface area contributed by atoms with Crippen LogP contribution in [0.4, 0.5) is 0 Å². The minimum atomic E-state index is -1.77. The second kappa shape index (κ2) is 7.05. The van der Waals surface area contributed by atoms with Crippen molar-refractivity contribution in [1.29, 1.82) is 0 Å². The average molecular weight is 345 g/mol. The Labute approximate surface area is 144 Å². The quantitative estimate of drug-likeness (QED) is 0.720. The van der Waals surface area contributed by atoms with Crippen LogP contribution in [0.2, 0.25) is 5.02 Å². The second-order valence-electron chi connectivity index (χ2n) is 5.18. The molecule has 1 N–H and O–H groups in total. The molecular weight excluding hydrogens is 330 g/mol. The number of oxazole rings is 1. The van der Waals surface area contributed by atoms with Crippen LogP contribution in [0.15, 0.2) is 52.9 Å². The van der Waals surface area contributed by atoms with Crippen molar-refractivity contribution >= 4 is 11.6 Å². The van der Waals surface area contributed by atoms with E-state index < -0.39 is 6.29 Å². The van der Waals surface area contributed by atoms with Gasteiger partial charge in [0.1, 0.15) is 17.2 Å². The van der Waals surface area contributed by atoms with Gasteiger partial charge in [-0.15, -0.1) is 0 Å². The van der Waals surface area contributed by atoms with Crippen molar-refractivity contribution in [2.24, 2.45) is 0 Å². The van der Waals surface area contributed by atoms with E-state index in [2.05, 4.69) is 4.98 Å². The molecule has 0 saturated heterocycles. The van der Waals surface area contributed by atoms with Gasteiger partial charge in [-0.3, -0.25) is 0 Å². The van der Waals surface area contributed by atoms with Gasteiger partial charge in [0, 0.05) is 22.6 Å². The summed E-state index contributed by atoms with van der Waals surface area (Å²) in [5, 5.41) is 21.0. The van der Waals surface area contributed by atoms with Gasteiger partial charge in [-0.05, 0) is 42.7 Å². The Morgan fingerprint density at radius 2 is 1.75 bits per heavy atom. The van der Waals surface area contributed by atoms with Gasteiger partial charge in [0.15, 0.2) is 0 Å². The zero-order valence-corrected chi connectivity index (χ0v) is 13.7. The highest BCUT2D eigenvalue weighted by Gasteiger charge is 2.16. The summed E-state index contributed by atoms with van der Waals surface area (Å²) in [7, 11) is 1.59. The maximum atomic E-state index is 11.2. The van der Waals surface area contributed by atoms with Crippen LogP contribution in [-0.4, -0.2) is 23.5 Å². The summed E-state index contributed by atoms with van der Waals surface area (Å²) in [5.74, 6) is 1.43. The lowest BCUT2D eigenvalue weighted by atomic mass is 10.1. The third-order valence-electron chi connectivity index (χ3n) is 3.51.